The van der Waals surface area contributed by atoms with Gasteiger partial charge >= 0.3 is 0 Å². The molecule has 2 aromatic rings. The van der Waals surface area contributed by atoms with Crippen molar-refractivity contribution in [1.82, 2.24) is 14.9 Å². The smallest absolute Gasteiger partial charge is 0.270 e. The summed E-state index contributed by atoms with van der Waals surface area (Å²) in [4.78, 5) is 19.4. The molecule has 1 unspecified atom stereocenters. The molecule has 7 heteroatoms. The minimum atomic E-state index is -0.347. The Hall–Kier alpha value is -2.41. The van der Waals surface area contributed by atoms with E-state index in [2.05, 4.69) is 15.2 Å². The first-order valence-corrected chi connectivity index (χ1v) is 10.1. The molecule has 1 atom stereocenters. The van der Waals surface area contributed by atoms with Crippen molar-refractivity contribution < 1.29 is 14.3 Å². The average molecular weight is 386 g/mol. The van der Waals surface area contributed by atoms with E-state index in [1.807, 2.05) is 11.5 Å². The van der Waals surface area contributed by atoms with Crippen molar-refractivity contribution in [1.29, 1.82) is 0 Å². The molecule has 6 nitrogen and oxygen atoms in total. The molecule has 3 heterocycles. The molecule has 0 aliphatic carbocycles. The van der Waals surface area contributed by atoms with E-state index in [0.717, 1.165) is 56.0 Å². The van der Waals surface area contributed by atoms with E-state index in [0.29, 0.717) is 18.5 Å². The molecule has 1 fully saturated rings. The van der Waals surface area contributed by atoms with Crippen LogP contribution in [0.3, 0.4) is 0 Å². The molecule has 28 heavy (non-hydrogen) atoms. The summed E-state index contributed by atoms with van der Waals surface area (Å²) in [7, 11) is 0. The van der Waals surface area contributed by atoms with Gasteiger partial charge in [-0.25, -0.2) is 9.37 Å². The fraction of sp³-hybridized carbons (Fsp3) is 0.524. The first kappa shape index (κ1) is 18.9. The second kappa shape index (κ2) is 7.91. The highest BCUT2D eigenvalue weighted by Crippen LogP contribution is 2.30. The van der Waals surface area contributed by atoms with Crippen molar-refractivity contribution in [2.45, 2.75) is 57.7 Å². The molecule has 4 rings (SSSR count). The third kappa shape index (κ3) is 3.76. The lowest BCUT2D eigenvalue weighted by atomic mass is 10.0. The summed E-state index contributed by atoms with van der Waals surface area (Å²) in [6.45, 7) is 4.13. The van der Waals surface area contributed by atoms with Crippen LogP contribution in [-0.2, 0) is 13.0 Å². The van der Waals surface area contributed by atoms with Gasteiger partial charge in [-0.3, -0.25) is 4.79 Å². The number of halogens is 1. The van der Waals surface area contributed by atoms with Crippen LogP contribution >= 0.6 is 0 Å². The van der Waals surface area contributed by atoms with Crippen LogP contribution in [0.5, 0.6) is 0 Å². The fourth-order valence-electron chi connectivity index (χ4n) is 4.21. The summed E-state index contributed by atoms with van der Waals surface area (Å²) in [5, 5.41) is 12.8. The molecule has 1 aromatic heterocycles. The van der Waals surface area contributed by atoms with Gasteiger partial charge in [0, 0.05) is 37.3 Å². The quantitative estimate of drug-likeness (QED) is 0.848. The number of nitrogens with zero attached hydrogens (tertiary/aromatic N) is 3. The van der Waals surface area contributed by atoms with Crippen molar-refractivity contribution in [3.63, 3.8) is 0 Å². The number of piperidine rings is 1. The summed E-state index contributed by atoms with van der Waals surface area (Å²) >= 11 is 0. The number of carbonyl (C=O) groups excluding carboxylic acids is 1. The van der Waals surface area contributed by atoms with Gasteiger partial charge in [0.05, 0.1) is 18.3 Å². The Balaban J connectivity index is 1.54. The van der Waals surface area contributed by atoms with Gasteiger partial charge in [0.25, 0.3) is 5.91 Å². The third-order valence-corrected chi connectivity index (χ3v) is 5.81. The first-order valence-electron chi connectivity index (χ1n) is 10.1. The van der Waals surface area contributed by atoms with Crippen LogP contribution in [0.4, 0.5) is 10.1 Å². The number of fused-ring (bicyclic) bond motifs is 1. The van der Waals surface area contributed by atoms with Gasteiger partial charge in [0.15, 0.2) is 0 Å². The van der Waals surface area contributed by atoms with E-state index >= 15 is 0 Å². The van der Waals surface area contributed by atoms with Gasteiger partial charge < -0.3 is 19.9 Å². The number of imidazole rings is 1. The number of hydrogen-bond donors (Lipinski definition) is 2. The van der Waals surface area contributed by atoms with Crippen LogP contribution in [0.1, 0.15) is 60.5 Å². The van der Waals surface area contributed by atoms with Gasteiger partial charge in [-0.15, -0.1) is 0 Å². The standard InChI is InChI=1S/C21H27FN4O2/c1-14(24-21(28)19-13-23-20-4-2-3-9-26(19)20)17-12-15(22)5-6-18(17)25-10-7-16(27)8-11-25/h5-6,12-14,16,27H,2-4,7-11H2,1H3,(H,24,28). The van der Waals surface area contributed by atoms with E-state index in [1.165, 1.54) is 12.1 Å². The summed E-state index contributed by atoms with van der Waals surface area (Å²) in [6.07, 6.45) is 5.81. The van der Waals surface area contributed by atoms with Crippen molar-refractivity contribution in [2.75, 3.05) is 18.0 Å². The molecule has 150 valence electrons. The lowest BCUT2D eigenvalue weighted by Gasteiger charge is -2.34. The lowest BCUT2D eigenvalue weighted by molar-refractivity contribution is 0.0929. The van der Waals surface area contributed by atoms with E-state index in [1.54, 1.807) is 12.3 Å². The summed E-state index contributed by atoms with van der Waals surface area (Å²) in [6, 6.07) is 4.37. The Morgan fingerprint density at radius 2 is 2.07 bits per heavy atom. The maximum atomic E-state index is 14.0. The Morgan fingerprint density at radius 3 is 2.86 bits per heavy atom. The molecule has 0 saturated carbocycles. The number of hydrogen-bond acceptors (Lipinski definition) is 4. The summed E-state index contributed by atoms with van der Waals surface area (Å²) in [5.41, 5.74) is 2.24. The number of aliphatic hydroxyl groups is 1. The van der Waals surface area contributed by atoms with Gasteiger partial charge in [-0.05, 0) is 50.8 Å². The predicted molar refractivity (Wildman–Crippen MR) is 105 cm³/mol. The molecule has 1 saturated heterocycles. The second-order valence-corrected chi connectivity index (χ2v) is 7.78. The zero-order valence-electron chi connectivity index (χ0n) is 16.2. The monoisotopic (exact) mass is 386 g/mol. The van der Waals surface area contributed by atoms with Gasteiger partial charge in [0.1, 0.15) is 17.3 Å². The SMILES string of the molecule is CC(NC(=O)c1cnc2n1CCCC2)c1cc(F)ccc1N1CCC(O)CC1. The molecular formula is C21H27FN4O2. The molecule has 0 radical (unpaired) electrons. The Morgan fingerprint density at radius 1 is 1.29 bits per heavy atom. The van der Waals surface area contributed by atoms with Crippen LogP contribution in [0.2, 0.25) is 0 Å². The highest BCUT2D eigenvalue weighted by atomic mass is 19.1. The van der Waals surface area contributed by atoms with Gasteiger partial charge in [0.2, 0.25) is 0 Å². The molecule has 2 aliphatic rings. The van der Waals surface area contributed by atoms with Crippen molar-refractivity contribution >= 4 is 11.6 Å². The number of benzene rings is 1. The minimum absolute atomic E-state index is 0.183. The largest absolute Gasteiger partial charge is 0.393 e. The van der Waals surface area contributed by atoms with Crippen LogP contribution in [0.25, 0.3) is 0 Å². The molecule has 1 aromatic carbocycles. The average Bonchev–Trinajstić information content (AvgIpc) is 3.13. The minimum Gasteiger partial charge on any atom is -0.393 e. The van der Waals surface area contributed by atoms with Crippen LogP contribution in [0.15, 0.2) is 24.4 Å². The normalized spacial score (nSPS) is 18.6. The maximum Gasteiger partial charge on any atom is 0.270 e. The zero-order chi connectivity index (χ0) is 19.7. The predicted octanol–water partition coefficient (Wildman–Crippen LogP) is 2.81. The molecule has 1 amide bonds. The summed E-state index contributed by atoms with van der Waals surface area (Å²) < 4.78 is 16.0. The second-order valence-electron chi connectivity index (χ2n) is 7.78. The number of anilines is 1. The highest BCUT2D eigenvalue weighted by Gasteiger charge is 2.24. The van der Waals surface area contributed by atoms with E-state index < -0.39 is 0 Å². The Kier molecular flexibility index (Phi) is 5.35. The lowest BCUT2D eigenvalue weighted by Crippen LogP contribution is -2.37. The number of amides is 1. The number of aryl methyl sites for hydroxylation is 1. The van der Waals surface area contributed by atoms with Crippen molar-refractivity contribution in [3.8, 4) is 0 Å². The Bertz CT molecular complexity index is 858. The molecule has 2 aliphatic heterocycles. The van der Waals surface area contributed by atoms with Crippen molar-refractivity contribution in [3.05, 3.63) is 47.3 Å². The van der Waals surface area contributed by atoms with E-state index in [4.69, 9.17) is 0 Å². The van der Waals surface area contributed by atoms with Gasteiger partial charge in [-0.1, -0.05) is 0 Å². The first-order chi connectivity index (χ1) is 13.5. The topological polar surface area (TPSA) is 70.4 Å². The Labute approximate surface area is 164 Å². The zero-order valence-corrected chi connectivity index (χ0v) is 16.2. The molecule has 0 spiro atoms. The fourth-order valence-corrected chi connectivity index (χ4v) is 4.21. The van der Waals surface area contributed by atoms with Crippen LogP contribution in [-0.4, -0.2) is 39.8 Å². The number of aliphatic hydroxyl groups excluding tert-OH is 1. The number of nitrogens with one attached hydrogen (secondary N) is 1. The highest BCUT2D eigenvalue weighted by molar-refractivity contribution is 5.93. The number of rotatable bonds is 4. The number of carbonyl (C=O) groups is 1. The maximum absolute atomic E-state index is 14.0. The van der Waals surface area contributed by atoms with E-state index in [-0.39, 0.29) is 23.9 Å². The third-order valence-electron chi connectivity index (χ3n) is 5.81. The van der Waals surface area contributed by atoms with Crippen molar-refractivity contribution in [2.24, 2.45) is 0 Å². The molecule has 2 N–H and O–H groups in total. The van der Waals surface area contributed by atoms with Crippen LogP contribution < -0.4 is 10.2 Å². The summed E-state index contributed by atoms with van der Waals surface area (Å²) in [5.74, 6) is 0.457. The van der Waals surface area contributed by atoms with Crippen LogP contribution in [0, 0.1) is 5.82 Å². The molecule has 0 bridgehead atoms. The molecular weight excluding hydrogens is 359 g/mol. The number of aromatic nitrogens is 2. The van der Waals surface area contributed by atoms with Gasteiger partial charge in [-0.2, -0.15) is 0 Å². The van der Waals surface area contributed by atoms with E-state index in [9.17, 15) is 14.3 Å².